The maximum absolute atomic E-state index is 5.35. The van der Waals surface area contributed by atoms with Crippen molar-refractivity contribution in [1.82, 2.24) is 15.6 Å². The average molecular weight is 387 g/mol. The standard InChI is InChI=1S/C20H26N4O2S/c1-15(16-3-4-18-14-19(25-2)6-5-17(18)13-16)22-23-20(27)21-7-8-24-9-11-26-12-10-24/h3-6,13-14H,7-12H2,1-2H3,(H2,21,23,27)/b22-15-. The molecule has 2 N–H and O–H groups in total. The molecule has 0 aliphatic carbocycles. The molecule has 0 bridgehead atoms. The quantitative estimate of drug-likeness (QED) is 0.452. The van der Waals surface area contributed by atoms with Gasteiger partial charge in [0.2, 0.25) is 0 Å². The third-order valence-corrected chi connectivity index (χ3v) is 4.84. The van der Waals surface area contributed by atoms with Crippen molar-refractivity contribution in [3.63, 3.8) is 0 Å². The van der Waals surface area contributed by atoms with Crippen LogP contribution >= 0.6 is 12.2 Å². The van der Waals surface area contributed by atoms with Gasteiger partial charge in [-0.15, -0.1) is 0 Å². The van der Waals surface area contributed by atoms with Crippen molar-refractivity contribution in [2.75, 3.05) is 46.5 Å². The highest BCUT2D eigenvalue weighted by Crippen LogP contribution is 2.22. The molecule has 3 rings (SSSR count). The van der Waals surface area contributed by atoms with E-state index in [0.717, 1.165) is 67.2 Å². The molecule has 1 aliphatic heterocycles. The Morgan fingerprint density at radius 1 is 1.19 bits per heavy atom. The van der Waals surface area contributed by atoms with Gasteiger partial charge in [-0.2, -0.15) is 5.10 Å². The average Bonchev–Trinajstić information content (AvgIpc) is 2.72. The normalized spacial score (nSPS) is 15.6. The number of hydrogen-bond donors (Lipinski definition) is 2. The second kappa shape index (κ2) is 9.64. The second-order valence-corrected chi connectivity index (χ2v) is 6.86. The molecule has 0 aromatic heterocycles. The van der Waals surface area contributed by atoms with E-state index in [1.807, 2.05) is 19.1 Å². The number of nitrogens with zero attached hydrogens (tertiary/aromatic N) is 2. The summed E-state index contributed by atoms with van der Waals surface area (Å²) in [5, 5.41) is 10.4. The Hall–Kier alpha value is -2.22. The maximum atomic E-state index is 5.35. The molecular formula is C20H26N4O2S. The van der Waals surface area contributed by atoms with E-state index in [1.54, 1.807) is 7.11 Å². The number of hydrazone groups is 1. The zero-order chi connectivity index (χ0) is 19.1. The first kappa shape index (κ1) is 19.5. The molecule has 1 heterocycles. The van der Waals surface area contributed by atoms with Gasteiger partial charge in [0.25, 0.3) is 0 Å². The molecule has 0 amide bonds. The Morgan fingerprint density at radius 3 is 2.70 bits per heavy atom. The van der Waals surface area contributed by atoms with E-state index in [9.17, 15) is 0 Å². The summed E-state index contributed by atoms with van der Waals surface area (Å²) in [5.41, 5.74) is 4.86. The molecule has 7 heteroatoms. The Labute approximate surface area is 165 Å². The van der Waals surface area contributed by atoms with Crippen LogP contribution in [-0.4, -0.2) is 62.2 Å². The predicted octanol–water partition coefficient (Wildman–Crippen LogP) is 2.37. The molecule has 144 valence electrons. The monoisotopic (exact) mass is 386 g/mol. The first-order valence-electron chi connectivity index (χ1n) is 9.12. The van der Waals surface area contributed by atoms with E-state index in [4.69, 9.17) is 21.7 Å². The van der Waals surface area contributed by atoms with E-state index in [-0.39, 0.29) is 0 Å². The van der Waals surface area contributed by atoms with Gasteiger partial charge >= 0.3 is 0 Å². The van der Waals surface area contributed by atoms with Crippen LogP contribution in [0.1, 0.15) is 12.5 Å². The summed E-state index contributed by atoms with van der Waals surface area (Å²) < 4.78 is 10.6. The number of benzene rings is 2. The van der Waals surface area contributed by atoms with Crippen molar-refractivity contribution in [2.24, 2.45) is 5.10 Å². The molecule has 0 spiro atoms. The zero-order valence-corrected chi connectivity index (χ0v) is 16.6. The van der Waals surface area contributed by atoms with Crippen LogP contribution in [0, 0.1) is 0 Å². The topological polar surface area (TPSA) is 58.1 Å². The number of nitrogens with one attached hydrogen (secondary N) is 2. The number of fused-ring (bicyclic) bond motifs is 1. The van der Waals surface area contributed by atoms with Gasteiger partial charge in [0.15, 0.2) is 5.11 Å². The molecule has 27 heavy (non-hydrogen) atoms. The summed E-state index contributed by atoms with van der Waals surface area (Å²) in [5.74, 6) is 0.857. The SMILES string of the molecule is COc1ccc2cc(/C(C)=N\NC(=S)NCCN3CCOCC3)ccc2c1. The molecule has 1 saturated heterocycles. The van der Waals surface area contributed by atoms with Gasteiger partial charge < -0.3 is 14.8 Å². The van der Waals surface area contributed by atoms with Crippen LogP contribution in [0.5, 0.6) is 5.75 Å². The van der Waals surface area contributed by atoms with E-state index >= 15 is 0 Å². The van der Waals surface area contributed by atoms with E-state index < -0.39 is 0 Å². The lowest BCUT2D eigenvalue weighted by atomic mass is 10.0. The van der Waals surface area contributed by atoms with Crippen LogP contribution in [0.3, 0.4) is 0 Å². The highest BCUT2D eigenvalue weighted by Gasteiger charge is 2.09. The molecule has 2 aromatic rings. The van der Waals surface area contributed by atoms with E-state index in [2.05, 4.69) is 45.0 Å². The zero-order valence-electron chi connectivity index (χ0n) is 15.8. The van der Waals surface area contributed by atoms with Crippen LogP contribution in [0.2, 0.25) is 0 Å². The van der Waals surface area contributed by atoms with Gasteiger partial charge in [-0.3, -0.25) is 10.3 Å². The maximum Gasteiger partial charge on any atom is 0.187 e. The Kier molecular flexibility index (Phi) is 6.98. The van der Waals surface area contributed by atoms with Gasteiger partial charge in [-0.25, -0.2) is 0 Å². The third kappa shape index (κ3) is 5.63. The van der Waals surface area contributed by atoms with Crippen LogP contribution < -0.4 is 15.5 Å². The smallest absolute Gasteiger partial charge is 0.187 e. The van der Waals surface area contributed by atoms with Crippen molar-refractivity contribution in [3.05, 3.63) is 42.0 Å². The summed E-state index contributed by atoms with van der Waals surface area (Å²) in [7, 11) is 1.68. The molecule has 6 nitrogen and oxygen atoms in total. The van der Waals surface area contributed by atoms with Gasteiger partial charge in [0.05, 0.1) is 26.0 Å². The van der Waals surface area contributed by atoms with E-state index in [0.29, 0.717) is 5.11 Å². The third-order valence-electron chi connectivity index (χ3n) is 4.61. The minimum absolute atomic E-state index is 0.535. The first-order chi connectivity index (χ1) is 13.2. The van der Waals surface area contributed by atoms with Gasteiger partial charge in [-0.05, 0) is 53.7 Å². The molecule has 0 unspecified atom stereocenters. The second-order valence-electron chi connectivity index (χ2n) is 6.45. The highest BCUT2D eigenvalue weighted by molar-refractivity contribution is 7.80. The Balaban J connectivity index is 1.51. The van der Waals surface area contributed by atoms with Gasteiger partial charge in [0.1, 0.15) is 5.75 Å². The molecule has 0 atom stereocenters. The fourth-order valence-corrected chi connectivity index (χ4v) is 3.11. The van der Waals surface area contributed by atoms with E-state index in [1.165, 1.54) is 0 Å². The largest absolute Gasteiger partial charge is 0.497 e. The summed E-state index contributed by atoms with van der Waals surface area (Å²) in [6, 6.07) is 12.3. The van der Waals surface area contributed by atoms with Crippen molar-refractivity contribution in [1.29, 1.82) is 0 Å². The van der Waals surface area contributed by atoms with Crippen LogP contribution in [0.25, 0.3) is 10.8 Å². The first-order valence-corrected chi connectivity index (χ1v) is 9.53. The lowest BCUT2D eigenvalue weighted by molar-refractivity contribution is 0.0389. The Bertz CT molecular complexity index is 819. The van der Waals surface area contributed by atoms with Crippen molar-refractivity contribution in [3.8, 4) is 5.75 Å². The molecule has 0 radical (unpaired) electrons. The van der Waals surface area contributed by atoms with Crippen molar-refractivity contribution in [2.45, 2.75) is 6.92 Å². The lowest BCUT2D eigenvalue weighted by Crippen LogP contribution is -2.42. The van der Waals surface area contributed by atoms with Crippen LogP contribution in [0.4, 0.5) is 0 Å². The Morgan fingerprint density at radius 2 is 1.93 bits per heavy atom. The fraction of sp³-hybridized carbons (Fsp3) is 0.400. The van der Waals surface area contributed by atoms with Gasteiger partial charge in [0, 0.05) is 26.2 Å². The molecule has 1 aliphatic rings. The minimum Gasteiger partial charge on any atom is -0.497 e. The number of ether oxygens (including phenoxy) is 2. The molecule has 1 fully saturated rings. The molecule has 0 saturated carbocycles. The highest BCUT2D eigenvalue weighted by atomic mass is 32.1. The van der Waals surface area contributed by atoms with Gasteiger partial charge in [-0.1, -0.05) is 18.2 Å². The summed E-state index contributed by atoms with van der Waals surface area (Å²) in [6.45, 7) is 7.28. The molecular weight excluding hydrogens is 360 g/mol. The number of morpholine rings is 1. The number of methoxy groups -OCH3 is 1. The summed E-state index contributed by atoms with van der Waals surface area (Å²) in [6.07, 6.45) is 0. The number of hydrogen-bond acceptors (Lipinski definition) is 5. The van der Waals surface area contributed by atoms with Crippen LogP contribution in [0.15, 0.2) is 41.5 Å². The summed E-state index contributed by atoms with van der Waals surface area (Å²) >= 11 is 5.31. The summed E-state index contributed by atoms with van der Waals surface area (Å²) in [4.78, 5) is 2.36. The van der Waals surface area contributed by atoms with Crippen LogP contribution in [-0.2, 0) is 4.74 Å². The number of rotatable bonds is 6. The van der Waals surface area contributed by atoms with Crippen molar-refractivity contribution >= 4 is 33.8 Å². The number of thiocarbonyl (C=S) groups is 1. The van der Waals surface area contributed by atoms with Crippen molar-refractivity contribution < 1.29 is 9.47 Å². The lowest BCUT2D eigenvalue weighted by Gasteiger charge is -2.26. The fourth-order valence-electron chi connectivity index (χ4n) is 2.97. The minimum atomic E-state index is 0.535. The molecule has 2 aromatic carbocycles. The predicted molar refractivity (Wildman–Crippen MR) is 114 cm³/mol.